The molecule has 0 bridgehead atoms. The third-order valence-electron chi connectivity index (χ3n) is 3.76. The molecule has 3 rings (SSSR count). The number of hydrogen-bond acceptors (Lipinski definition) is 7. The lowest BCUT2D eigenvalue weighted by atomic mass is 10.3. The Balaban J connectivity index is 1.41. The van der Waals surface area contributed by atoms with Crippen LogP contribution in [0.5, 0.6) is 11.5 Å². The molecule has 0 aliphatic heterocycles. The molecule has 1 heterocycles. The normalized spacial score (nSPS) is 10.3. The van der Waals surface area contributed by atoms with Crippen LogP contribution in [0.2, 0.25) is 0 Å². The quantitative estimate of drug-likeness (QED) is 0.330. The van der Waals surface area contributed by atoms with Gasteiger partial charge in [0, 0.05) is 17.1 Å². The van der Waals surface area contributed by atoms with Crippen LogP contribution in [-0.4, -0.2) is 34.2 Å². The summed E-state index contributed by atoms with van der Waals surface area (Å²) in [5.74, 6) is 0.473. The molecule has 8 heteroatoms. The van der Waals surface area contributed by atoms with E-state index in [2.05, 4.69) is 15.3 Å². The topological polar surface area (TPSA) is 90.4 Å². The van der Waals surface area contributed by atoms with Gasteiger partial charge in [-0.25, -0.2) is 9.97 Å². The van der Waals surface area contributed by atoms with Crippen molar-refractivity contribution in [1.29, 1.82) is 0 Å². The zero-order valence-corrected chi connectivity index (χ0v) is 17.4. The van der Waals surface area contributed by atoms with Gasteiger partial charge in [-0.05, 0) is 56.3 Å². The molecule has 7 nitrogen and oxygen atoms in total. The number of ether oxygens (including phenoxy) is 2. The van der Waals surface area contributed by atoms with Gasteiger partial charge in [0.1, 0.15) is 11.5 Å². The summed E-state index contributed by atoms with van der Waals surface area (Å²) < 4.78 is 10.7. The highest BCUT2D eigenvalue weighted by Crippen LogP contribution is 2.22. The van der Waals surface area contributed by atoms with Crippen molar-refractivity contribution < 1.29 is 19.1 Å². The van der Waals surface area contributed by atoms with Crippen LogP contribution in [0.1, 0.15) is 11.4 Å². The van der Waals surface area contributed by atoms with Crippen molar-refractivity contribution >= 4 is 29.3 Å². The fourth-order valence-corrected chi connectivity index (χ4v) is 3.24. The van der Waals surface area contributed by atoms with Crippen molar-refractivity contribution in [3.05, 3.63) is 72.1 Å². The minimum absolute atomic E-state index is 0.0295. The highest BCUT2D eigenvalue weighted by Gasteiger charge is 2.10. The van der Waals surface area contributed by atoms with Crippen LogP contribution in [0.3, 0.4) is 0 Å². The standard InChI is InChI=1S/C22H21N3O4S/c1-15-12-16(2)24-22(23-15)30-14-21(27)28-13-20(26)25-17-8-10-19(11-9-17)29-18-6-4-3-5-7-18/h3-12H,13-14H2,1-2H3,(H,25,26). The van der Waals surface area contributed by atoms with Crippen molar-refractivity contribution in [2.24, 2.45) is 0 Å². The molecule has 1 aromatic heterocycles. The van der Waals surface area contributed by atoms with E-state index in [1.165, 1.54) is 11.8 Å². The Morgan fingerprint density at radius 2 is 1.57 bits per heavy atom. The number of hydrogen-bond donors (Lipinski definition) is 1. The summed E-state index contributed by atoms with van der Waals surface area (Å²) in [6.07, 6.45) is 0. The Morgan fingerprint density at radius 1 is 0.933 bits per heavy atom. The lowest BCUT2D eigenvalue weighted by Gasteiger charge is -2.08. The molecule has 0 aliphatic rings. The first kappa shape index (κ1) is 21.3. The number of rotatable bonds is 8. The number of carbonyl (C=O) groups is 2. The zero-order chi connectivity index (χ0) is 21.3. The Hall–Kier alpha value is -3.39. The molecule has 1 amide bonds. The van der Waals surface area contributed by atoms with Gasteiger partial charge < -0.3 is 14.8 Å². The molecular formula is C22H21N3O4S. The van der Waals surface area contributed by atoms with Crippen LogP contribution >= 0.6 is 11.8 Å². The second-order valence-corrected chi connectivity index (χ2v) is 7.31. The summed E-state index contributed by atoms with van der Waals surface area (Å²) in [6.45, 7) is 3.36. The number of carbonyl (C=O) groups excluding carboxylic acids is 2. The predicted octanol–water partition coefficient (Wildman–Crippen LogP) is 4.16. The Bertz CT molecular complexity index is 990. The third-order valence-corrected chi connectivity index (χ3v) is 4.58. The second kappa shape index (κ2) is 10.4. The Labute approximate surface area is 178 Å². The molecule has 0 radical (unpaired) electrons. The van der Waals surface area contributed by atoms with E-state index in [9.17, 15) is 9.59 Å². The van der Waals surface area contributed by atoms with E-state index in [0.717, 1.165) is 17.1 Å². The van der Waals surface area contributed by atoms with E-state index in [4.69, 9.17) is 9.47 Å². The minimum Gasteiger partial charge on any atom is -0.457 e. The fourth-order valence-electron chi connectivity index (χ4n) is 2.50. The molecule has 0 atom stereocenters. The van der Waals surface area contributed by atoms with Gasteiger partial charge >= 0.3 is 5.97 Å². The summed E-state index contributed by atoms with van der Waals surface area (Å²) in [7, 11) is 0. The molecule has 2 aromatic carbocycles. The molecule has 0 saturated heterocycles. The first-order valence-electron chi connectivity index (χ1n) is 9.21. The van der Waals surface area contributed by atoms with Crippen molar-refractivity contribution in [2.75, 3.05) is 17.7 Å². The number of amides is 1. The highest BCUT2D eigenvalue weighted by atomic mass is 32.2. The molecule has 0 aliphatic carbocycles. The molecule has 0 spiro atoms. The summed E-state index contributed by atoms with van der Waals surface area (Å²) in [5.41, 5.74) is 2.24. The molecule has 1 N–H and O–H groups in total. The first-order chi connectivity index (χ1) is 14.5. The molecule has 30 heavy (non-hydrogen) atoms. The minimum atomic E-state index is -0.510. The van der Waals surface area contributed by atoms with E-state index < -0.39 is 11.9 Å². The van der Waals surface area contributed by atoms with Crippen molar-refractivity contribution in [1.82, 2.24) is 9.97 Å². The number of thioether (sulfide) groups is 1. The van der Waals surface area contributed by atoms with Crippen LogP contribution < -0.4 is 10.1 Å². The largest absolute Gasteiger partial charge is 0.457 e. The van der Waals surface area contributed by atoms with Crippen molar-refractivity contribution in [3.63, 3.8) is 0 Å². The van der Waals surface area contributed by atoms with E-state index in [1.54, 1.807) is 24.3 Å². The van der Waals surface area contributed by atoms with Crippen LogP contribution in [0.25, 0.3) is 0 Å². The number of para-hydroxylation sites is 1. The molecule has 3 aromatic rings. The summed E-state index contributed by atoms with van der Waals surface area (Å²) in [4.78, 5) is 32.4. The van der Waals surface area contributed by atoms with E-state index in [1.807, 2.05) is 50.2 Å². The van der Waals surface area contributed by atoms with Gasteiger partial charge in [-0.15, -0.1) is 0 Å². The van der Waals surface area contributed by atoms with Crippen molar-refractivity contribution in [2.45, 2.75) is 19.0 Å². The molecule has 0 saturated carbocycles. The number of aryl methyl sites for hydroxylation is 2. The number of benzene rings is 2. The molecule has 0 unspecified atom stereocenters. The summed E-state index contributed by atoms with van der Waals surface area (Å²) in [6, 6.07) is 18.2. The van der Waals surface area contributed by atoms with Crippen molar-refractivity contribution in [3.8, 4) is 11.5 Å². The van der Waals surface area contributed by atoms with Gasteiger partial charge in [-0.3, -0.25) is 9.59 Å². The lowest BCUT2D eigenvalue weighted by molar-refractivity contribution is -0.144. The maximum absolute atomic E-state index is 12.0. The summed E-state index contributed by atoms with van der Waals surface area (Å²) in [5, 5.41) is 3.18. The third kappa shape index (κ3) is 6.89. The Morgan fingerprint density at radius 3 is 2.23 bits per heavy atom. The van der Waals surface area contributed by atoms with E-state index in [0.29, 0.717) is 16.6 Å². The van der Waals surface area contributed by atoms with Crippen LogP contribution in [0, 0.1) is 13.8 Å². The van der Waals surface area contributed by atoms with E-state index >= 15 is 0 Å². The van der Waals surface area contributed by atoms with Crippen LogP contribution in [0.15, 0.2) is 65.8 Å². The average Bonchev–Trinajstić information content (AvgIpc) is 2.72. The van der Waals surface area contributed by atoms with Gasteiger partial charge in [0.05, 0.1) is 5.75 Å². The number of nitrogens with one attached hydrogen (secondary N) is 1. The molecule has 0 fully saturated rings. The maximum atomic E-state index is 12.0. The Kier molecular flexibility index (Phi) is 7.40. The predicted molar refractivity (Wildman–Crippen MR) is 115 cm³/mol. The number of esters is 1. The van der Waals surface area contributed by atoms with Crippen LogP contribution in [-0.2, 0) is 14.3 Å². The SMILES string of the molecule is Cc1cc(C)nc(SCC(=O)OCC(=O)Nc2ccc(Oc3ccccc3)cc2)n1. The molecule has 154 valence electrons. The number of nitrogens with zero attached hydrogens (tertiary/aromatic N) is 2. The summed E-state index contributed by atoms with van der Waals surface area (Å²) >= 11 is 1.17. The number of aromatic nitrogens is 2. The molecular weight excluding hydrogens is 402 g/mol. The van der Waals surface area contributed by atoms with E-state index in [-0.39, 0.29) is 12.4 Å². The van der Waals surface area contributed by atoms with Gasteiger partial charge in [0.2, 0.25) is 0 Å². The fraction of sp³-hybridized carbons (Fsp3) is 0.182. The number of anilines is 1. The van der Waals surface area contributed by atoms with Gasteiger partial charge in [0.25, 0.3) is 5.91 Å². The smallest absolute Gasteiger partial charge is 0.316 e. The lowest BCUT2D eigenvalue weighted by Crippen LogP contribution is -2.21. The maximum Gasteiger partial charge on any atom is 0.316 e. The van der Waals surface area contributed by atoms with Gasteiger partial charge in [-0.1, -0.05) is 30.0 Å². The monoisotopic (exact) mass is 423 g/mol. The van der Waals surface area contributed by atoms with Gasteiger partial charge in [-0.2, -0.15) is 0 Å². The van der Waals surface area contributed by atoms with Gasteiger partial charge in [0.15, 0.2) is 11.8 Å². The first-order valence-corrected chi connectivity index (χ1v) is 10.2. The highest BCUT2D eigenvalue weighted by molar-refractivity contribution is 7.99. The van der Waals surface area contributed by atoms with Crippen LogP contribution in [0.4, 0.5) is 5.69 Å². The average molecular weight is 423 g/mol. The second-order valence-electron chi connectivity index (χ2n) is 6.37. The zero-order valence-electron chi connectivity index (χ0n) is 16.6.